The molecular formula is C33H39FN2O3. The second kappa shape index (κ2) is 12.6. The number of amides is 1. The first-order chi connectivity index (χ1) is 19.1. The van der Waals surface area contributed by atoms with Crippen LogP contribution in [0.3, 0.4) is 0 Å². The van der Waals surface area contributed by atoms with Gasteiger partial charge < -0.3 is 14.4 Å². The first-order valence-corrected chi connectivity index (χ1v) is 14.2. The van der Waals surface area contributed by atoms with Gasteiger partial charge in [-0.3, -0.25) is 9.69 Å². The van der Waals surface area contributed by atoms with E-state index in [1.165, 1.54) is 11.6 Å². The molecule has 1 fully saturated rings. The molecule has 0 bridgehead atoms. The van der Waals surface area contributed by atoms with E-state index in [1.54, 1.807) is 13.2 Å². The molecule has 39 heavy (non-hydrogen) atoms. The second-order valence-corrected chi connectivity index (χ2v) is 11.0. The Hall–Kier alpha value is -3.38. The smallest absolute Gasteiger partial charge is 0.257 e. The average Bonchev–Trinajstić information content (AvgIpc) is 2.96. The zero-order valence-electron chi connectivity index (χ0n) is 22.9. The summed E-state index contributed by atoms with van der Waals surface area (Å²) in [5.74, 6) is 1.44. The lowest BCUT2D eigenvalue weighted by molar-refractivity contribution is 0.0357. The minimum atomic E-state index is -0.166. The number of rotatable bonds is 4. The Kier molecular flexibility index (Phi) is 8.82. The Morgan fingerprint density at radius 1 is 0.923 bits per heavy atom. The number of para-hydroxylation sites is 2. The summed E-state index contributed by atoms with van der Waals surface area (Å²) in [6, 6.07) is 22.8. The number of likely N-dealkylation sites (tertiary alicyclic amines) is 1. The molecule has 5 nitrogen and oxygen atoms in total. The lowest BCUT2D eigenvalue weighted by atomic mass is 9.73. The van der Waals surface area contributed by atoms with Crippen molar-refractivity contribution in [1.82, 2.24) is 9.80 Å². The van der Waals surface area contributed by atoms with Crippen molar-refractivity contribution in [3.63, 3.8) is 0 Å². The number of nitrogens with zero attached hydrogens (tertiary/aromatic N) is 2. The van der Waals surface area contributed by atoms with Gasteiger partial charge in [-0.15, -0.1) is 0 Å². The molecule has 2 aliphatic rings. The SMILES string of the molecule is COc1ccccc1C(=O)N1CCC2(CCCCc3ccccc3OCCN(Cc3ccccc3F)C2)CC1. The Bertz CT molecular complexity index is 1250. The van der Waals surface area contributed by atoms with Crippen molar-refractivity contribution in [3.8, 4) is 11.5 Å². The fraction of sp³-hybridized carbons (Fsp3) is 0.424. The van der Waals surface area contributed by atoms with Crippen molar-refractivity contribution in [2.75, 3.05) is 39.9 Å². The third-order valence-corrected chi connectivity index (χ3v) is 8.40. The molecule has 5 rings (SSSR count). The van der Waals surface area contributed by atoms with Crippen LogP contribution in [-0.2, 0) is 13.0 Å². The average molecular weight is 531 g/mol. The van der Waals surface area contributed by atoms with Crippen LogP contribution in [-0.4, -0.2) is 55.6 Å². The van der Waals surface area contributed by atoms with E-state index >= 15 is 0 Å². The van der Waals surface area contributed by atoms with E-state index < -0.39 is 0 Å². The van der Waals surface area contributed by atoms with Gasteiger partial charge in [-0.2, -0.15) is 0 Å². The van der Waals surface area contributed by atoms with Crippen LogP contribution in [0.5, 0.6) is 11.5 Å². The van der Waals surface area contributed by atoms with Gasteiger partial charge in [0, 0.05) is 38.3 Å². The van der Waals surface area contributed by atoms with Crippen LogP contribution in [0, 0.1) is 11.2 Å². The molecule has 6 heteroatoms. The summed E-state index contributed by atoms with van der Waals surface area (Å²) in [5.41, 5.74) is 2.65. The highest BCUT2D eigenvalue weighted by atomic mass is 19.1. The molecule has 1 spiro atoms. The van der Waals surface area contributed by atoms with Gasteiger partial charge in [0.1, 0.15) is 23.9 Å². The van der Waals surface area contributed by atoms with E-state index in [0.29, 0.717) is 49.7 Å². The molecule has 2 aliphatic heterocycles. The largest absolute Gasteiger partial charge is 0.496 e. The van der Waals surface area contributed by atoms with Gasteiger partial charge in [-0.1, -0.05) is 55.0 Å². The molecule has 0 aliphatic carbocycles. The summed E-state index contributed by atoms with van der Waals surface area (Å²) in [6.07, 6.45) is 6.17. The van der Waals surface area contributed by atoms with Gasteiger partial charge in [-0.05, 0) is 67.3 Å². The van der Waals surface area contributed by atoms with Crippen molar-refractivity contribution in [1.29, 1.82) is 0 Å². The third kappa shape index (κ3) is 6.62. The van der Waals surface area contributed by atoms with Crippen molar-refractivity contribution in [2.24, 2.45) is 5.41 Å². The van der Waals surface area contributed by atoms with Crippen molar-refractivity contribution < 1.29 is 18.7 Å². The van der Waals surface area contributed by atoms with E-state index in [4.69, 9.17) is 9.47 Å². The standard InChI is InChI=1S/C33H39FN2O3/c1-38-31-16-7-4-13-28(31)32(37)36-20-18-33(19-21-36)17-9-8-11-26-10-3-6-15-30(26)39-23-22-35(25-33)24-27-12-2-5-14-29(27)34/h2-7,10,12-16H,8-9,11,17-25H2,1H3. The van der Waals surface area contributed by atoms with E-state index in [0.717, 1.165) is 50.8 Å². The number of halogens is 1. The molecule has 0 aromatic heterocycles. The van der Waals surface area contributed by atoms with Gasteiger partial charge in [0.15, 0.2) is 0 Å². The minimum Gasteiger partial charge on any atom is -0.496 e. The summed E-state index contributed by atoms with van der Waals surface area (Å²) in [5, 5.41) is 0. The molecule has 3 aromatic rings. The van der Waals surface area contributed by atoms with E-state index in [1.807, 2.05) is 47.4 Å². The Morgan fingerprint density at radius 3 is 2.49 bits per heavy atom. The van der Waals surface area contributed by atoms with Crippen LogP contribution in [0.25, 0.3) is 0 Å². The predicted octanol–water partition coefficient (Wildman–Crippen LogP) is 6.36. The number of benzene rings is 3. The van der Waals surface area contributed by atoms with Crippen LogP contribution in [0.4, 0.5) is 4.39 Å². The van der Waals surface area contributed by atoms with E-state index in [-0.39, 0.29) is 17.1 Å². The highest BCUT2D eigenvalue weighted by molar-refractivity contribution is 5.97. The normalized spacial score (nSPS) is 18.4. The Labute approximate surface area is 231 Å². The number of hydrogen-bond donors (Lipinski definition) is 0. The van der Waals surface area contributed by atoms with E-state index in [9.17, 15) is 9.18 Å². The molecular weight excluding hydrogens is 491 g/mol. The summed E-state index contributed by atoms with van der Waals surface area (Å²) < 4.78 is 26.4. The van der Waals surface area contributed by atoms with Crippen LogP contribution < -0.4 is 9.47 Å². The third-order valence-electron chi connectivity index (χ3n) is 8.40. The van der Waals surface area contributed by atoms with Crippen LogP contribution in [0.1, 0.15) is 53.6 Å². The monoisotopic (exact) mass is 530 g/mol. The van der Waals surface area contributed by atoms with Gasteiger partial charge in [0.2, 0.25) is 0 Å². The maximum Gasteiger partial charge on any atom is 0.257 e. The molecule has 1 saturated heterocycles. The molecule has 2 heterocycles. The lowest BCUT2D eigenvalue weighted by Gasteiger charge is -2.45. The number of aryl methyl sites for hydroxylation is 1. The molecule has 0 saturated carbocycles. The summed E-state index contributed by atoms with van der Waals surface area (Å²) in [7, 11) is 1.61. The maximum atomic E-state index is 14.7. The van der Waals surface area contributed by atoms with Crippen molar-refractivity contribution in [3.05, 3.63) is 95.3 Å². The lowest BCUT2D eigenvalue weighted by Crippen LogP contribution is -2.48. The Balaban J connectivity index is 1.35. The van der Waals surface area contributed by atoms with Gasteiger partial charge in [0.05, 0.1) is 12.7 Å². The number of carbonyl (C=O) groups excluding carboxylic acids is 1. The fourth-order valence-corrected chi connectivity index (χ4v) is 6.17. The van der Waals surface area contributed by atoms with Gasteiger partial charge in [-0.25, -0.2) is 4.39 Å². The number of fused-ring (bicyclic) bond motifs is 1. The minimum absolute atomic E-state index is 0.0312. The first-order valence-electron chi connectivity index (χ1n) is 14.2. The molecule has 0 unspecified atom stereocenters. The molecule has 0 N–H and O–H groups in total. The zero-order valence-corrected chi connectivity index (χ0v) is 22.9. The fourth-order valence-electron chi connectivity index (χ4n) is 6.17. The quantitative estimate of drug-likeness (QED) is 0.393. The van der Waals surface area contributed by atoms with E-state index in [2.05, 4.69) is 23.1 Å². The molecule has 0 radical (unpaired) electrons. The maximum absolute atomic E-state index is 14.7. The molecule has 3 aromatic carbocycles. The number of hydrogen-bond acceptors (Lipinski definition) is 4. The van der Waals surface area contributed by atoms with Gasteiger partial charge in [0.25, 0.3) is 5.91 Å². The number of carbonyl (C=O) groups is 1. The number of methoxy groups -OCH3 is 1. The first kappa shape index (κ1) is 27.2. The van der Waals surface area contributed by atoms with Crippen molar-refractivity contribution >= 4 is 5.91 Å². The number of piperidine rings is 1. The number of ether oxygens (including phenoxy) is 2. The highest BCUT2D eigenvalue weighted by Crippen LogP contribution is 2.39. The zero-order chi connectivity index (χ0) is 27.1. The highest BCUT2D eigenvalue weighted by Gasteiger charge is 2.38. The van der Waals surface area contributed by atoms with Crippen molar-refractivity contribution in [2.45, 2.75) is 45.1 Å². The predicted molar refractivity (Wildman–Crippen MR) is 152 cm³/mol. The topological polar surface area (TPSA) is 42.0 Å². The summed E-state index contributed by atoms with van der Waals surface area (Å²) in [4.78, 5) is 17.7. The molecule has 0 atom stereocenters. The van der Waals surface area contributed by atoms with Crippen LogP contribution >= 0.6 is 0 Å². The second-order valence-electron chi connectivity index (χ2n) is 11.0. The van der Waals surface area contributed by atoms with Crippen LogP contribution in [0.15, 0.2) is 72.8 Å². The molecule has 1 amide bonds. The van der Waals surface area contributed by atoms with Gasteiger partial charge >= 0.3 is 0 Å². The summed E-state index contributed by atoms with van der Waals surface area (Å²) >= 11 is 0. The van der Waals surface area contributed by atoms with Crippen LogP contribution in [0.2, 0.25) is 0 Å². The summed E-state index contributed by atoms with van der Waals surface area (Å²) in [6.45, 7) is 4.11. The Morgan fingerprint density at radius 2 is 1.67 bits per heavy atom. The molecule has 206 valence electrons.